The number of para-hydroxylation sites is 1. The van der Waals surface area contributed by atoms with E-state index in [1.807, 2.05) is 0 Å². The van der Waals surface area contributed by atoms with E-state index in [9.17, 15) is 17.6 Å². The maximum Gasteiger partial charge on any atom is 0.321 e. The van der Waals surface area contributed by atoms with Gasteiger partial charge in [-0.25, -0.2) is 12.8 Å². The number of halogens is 1. The van der Waals surface area contributed by atoms with Crippen molar-refractivity contribution in [1.29, 1.82) is 0 Å². The van der Waals surface area contributed by atoms with Crippen molar-refractivity contribution in [2.75, 3.05) is 25.4 Å². The largest absolute Gasteiger partial charge is 0.465 e. The Morgan fingerprint density at radius 2 is 2.05 bits per heavy atom. The SMILES string of the molecule is CCOC(=O)CN(CC)S(=O)(=O)c1cccc(F)c1N. The van der Waals surface area contributed by atoms with Gasteiger partial charge in [0.2, 0.25) is 10.0 Å². The van der Waals surface area contributed by atoms with Crippen LogP contribution in [0, 0.1) is 5.82 Å². The summed E-state index contributed by atoms with van der Waals surface area (Å²) in [5.74, 6) is -1.49. The molecule has 0 fully saturated rings. The first-order valence-corrected chi connectivity index (χ1v) is 7.48. The van der Waals surface area contributed by atoms with E-state index >= 15 is 0 Å². The zero-order valence-corrected chi connectivity index (χ0v) is 12.1. The third-order valence-corrected chi connectivity index (χ3v) is 4.57. The maximum atomic E-state index is 13.4. The number of nitrogens with zero attached hydrogens (tertiary/aromatic N) is 1. The number of rotatable bonds is 6. The average molecular weight is 304 g/mol. The molecule has 0 atom stereocenters. The van der Waals surface area contributed by atoms with E-state index in [2.05, 4.69) is 0 Å². The predicted octanol–water partition coefficient (Wildman–Crippen LogP) is 0.982. The molecule has 0 saturated carbocycles. The molecular weight excluding hydrogens is 287 g/mol. The summed E-state index contributed by atoms with van der Waals surface area (Å²) in [7, 11) is -4.05. The van der Waals surface area contributed by atoms with Gasteiger partial charge < -0.3 is 10.5 Å². The highest BCUT2D eigenvalue weighted by Crippen LogP contribution is 2.24. The third kappa shape index (κ3) is 3.45. The highest BCUT2D eigenvalue weighted by Gasteiger charge is 2.28. The summed E-state index contributed by atoms with van der Waals surface area (Å²) in [5, 5.41) is 0. The fourth-order valence-electron chi connectivity index (χ4n) is 1.60. The number of nitrogen functional groups attached to an aromatic ring is 1. The number of sulfonamides is 1. The average Bonchev–Trinajstić information content (AvgIpc) is 2.39. The summed E-state index contributed by atoms with van der Waals surface area (Å²) in [6, 6.07) is 3.51. The van der Waals surface area contributed by atoms with Crippen molar-refractivity contribution in [2.45, 2.75) is 18.7 Å². The van der Waals surface area contributed by atoms with Crippen LogP contribution >= 0.6 is 0 Å². The van der Waals surface area contributed by atoms with Crippen LogP contribution in [0.3, 0.4) is 0 Å². The molecule has 0 aliphatic carbocycles. The van der Waals surface area contributed by atoms with Crippen LogP contribution in [0.5, 0.6) is 0 Å². The molecule has 20 heavy (non-hydrogen) atoms. The van der Waals surface area contributed by atoms with E-state index in [1.54, 1.807) is 13.8 Å². The number of hydrogen-bond acceptors (Lipinski definition) is 5. The molecule has 112 valence electrons. The van der Waals surface area contributed by atoms with Gasteiger partial charge in [0.05, 0.1) is 12.3 Å². The first kappa shape index (κ1) is 16.4. The number of carbonyl (C=O) groups is 1. The second kappa shape index (κ2) is 6.67. The Labute approximate surface area is 117 Å². The molecule has 0 aromatic heterocycles. The van der Waals surface area contributed by atoms with Crippen LogP contribution in [0.1, 0.15) is 13.8 Å². The number of nitrogens with two attached hydrogens (primary N) is 1. The van der Waals surface area contributed by atoms with Gasteiger partial charge in [0, 0.05) is 6.54 Å². The first-order valence-electron chi connectivity index (χ1n) is 6.04. The van der Waals surface area contributed by atoms with Crippen molar-refractivity contribution in [1.82, 2.24) is 4.31 Å². The summed E-state index contributed by atoms with van der Waals surface area (Å²) in [4.78, 5) is 11.1. The number of esters is 1. The minimum Gasteiger partial charge on any atom is -0.465 e. The summed E-state index contributed by atoms with van der Waals surface area (Å²) >= 11 is 0. The lowest BCUT2D eigenvalue weighted by molar-refractivity contribution is -0.143. The number of benzene rings is 1. The molecule has 0 radical (unpaired) electrons. The molecular formula is C12H17FN2O4S. The highest BCUT2D eigenvalue weighted by atomic mass is 32.2. The smallest absolute Gasteiger partial charge is 0.321 e. The van der Waals surface area contributed by atoms with Crippen molar-refractivity contribution in [3.63, 3.8) is 0 Å². The quantitative estimate of drug-likeness (QED) is 0.625. The zero-order chi connectivity index (χ0) is 15.3. The summed E-state index contributed by atoms with van der Waals surface area (Å²) < 4.78 is 43.6. The third-order valence-electron chi connectivity index (χ3n) is 2.59. The van der Waals surface area contributed by atoms with Crippen LogP contribution in [0.2, 0.25) is 0 Å². The summed E-state index contributed by atoms with van der Waals surface area (Å²) in [6.07, 6.45) is 0. The van der Waals surface area contributed by atoms with Gasteiger partial charge in [0.15, 0.2) is 0 Å². The van der Waals surface area contributed by atoms with E-state index in [-0.39, 0.29) is 18.0 Å². The van der Waals surface area contributed by atoms with Gasteiger partial charge in [0.1, 0.15) is 17.3 Å². The molecule has 1 aromatic carbocycles. The Kier molecular flexibility index (Phi) is 5.46. The van der Waals surface area contributed by atoms with E-state index in [4.69, 9.17) is 10.5 Å². The van der Waals surface area contributed by atoms with Gasteiger partial charge >= 0.3 is 5.97 Å². The topological polar surface area (TPSA) is 89.7 Å². The maximum absolute atomic E-state index is 13.4. The molecule has 1 aromatic rings. The van der Waals surface area contributed by atoms with E-state index in [0.717, 1.165) is 10.4 Å². The summed E-state index contributed by atoms with van der Waals surface area (Å²) in [5.41, 5.74) is 4.99. The zero-order valence-electron chi connectivity index (χ0n) is 11.3. The molecule has 6 nitrogen and oxygen atoms in total. The van der Waals surface area contributed by atoms with Crippen LogP contribution in [0.4, 0.5) is 10.1 Å². The van der Waals surface area contributed by atoms with Crippen LogP contribution in [-0.2, 0) is 19.6 Å². The Morgan fingerprint density at radius 3 is 2.60 bits per heavy atom. The van der Waals surface area contributed by atoms with E-state index in [0.29, 0.717) is 0 Å². The molecule has 0 spiro atoms. The normalized spacial score (nSPS) is 11.6. The lowest BCUT2D eigenvalue weighted by Crippen LogP contribution is -2.36. The number of likely N-dealkylation sites (N-methyl/N-ethyl adjacent to an activating group) is 1. The second-order valence-electron chi connectivity index (χ2n) is 3.89. The first-order chi connectivity index (χ1) is 9.34. The molecule has 2 N–H and O–H groups in total. The lowest BCUT2D eigenvalue weighted by Gasteiger charge is -2.20. The highest BCUT2D eigenvalue weighted by molar-refractivity contribution is 7.89. The molecule has 0 saturated heterocycles. The van der Waals surface area contributed by atoms with Crippen LogP contribution in [0.15, 0.2) is 23.1 Å². The van der Waals surface area contributed by atoms with Gasteiger partial charge in [-0.2, -0.15) is 4.31 Å². The minimum absolute atomic E-state index is 0.0388. The summed E-state index contributed by atoms with van der Waals surface area (Å²) in [6.45, 7) is 2.93. The van der Waals surface area contributed by atoms with Crippen molar-refractivity contribution in [2.24, 2.45) is 0 Å². The standard InChI is InChI=1S/C12H17FN2O4S/c1-3-15(8-11(16)19-4-2)20(17,18)10-7-5-6-9(13)12(10)14/h5-7H,3-4,8,14H2,1-2H3. The van der Waals surface area contributed by atoms with Gasteiger partial charge in [-0.1, -0.05) is 13.0 Å². The molecule has 0 bridgehead atoms. The Balaban J connectivity index is 3.12. The van der Waals surface area contributed by atoms with Crippen LogP contribution < -0.4 is 5.73 Å². The fraction of sp³-hybridized carbons (Fsp3) is 0.417. The van der Waals surface area contributed by atoms with Crippen LogP contribution in [-0.4, -0.2) is 38.4 Å². The fourth-order valence-corrected chi connectivity index (χ4v) is 3.12. The van der Waals surface area contributed by atoms with Gasteiger partial charge in [-0.3, -0.25) is 4.79 Å². The Bertz CT molecular complexity index is 589. The van der Waals surface area contributed by atoms with E-state index in [1.165, 1.54) is 12.1 Å². The lowest BCUT2D eigenvalue weighted by atomic mass is 10.3. The molecule has 0 aliphatic rings. The second-order valence-corrected chi connectivity index (χ2v) is 5.79. The van der Waals surface area contributed by atoms with Gasteiger partial charge in [-0.15, -0.1) is 0 Å². The van der Waals surface area contributed by atoms with Crippen molar-refractivity contribution < 1.29 is 22.3 Å². The number of hydrogen-bond donors (Lipinski definition) is 1. The monoisotopic (exact) mass is 304 g/mol. The predicted molar refractivity (Wildman–Crippen MR) is 71.9 cm³/mol. The Morgan fingerprint density at radius 1 is 1.40 bits per heavy atom. The van der Waals surface area contributed by atoms with Gasteiger partial charge in [0.25, 0.3) is 0 Å². The Hall–Kier alpha value is -1.67. The molecule has 1 rings (SSSR count). The van der Waals surface area contributed by atoms with Crippen molar-refractivity contribution in [3.8, 4) is 0 Å². The number of ether oxygens (including phenoxy) is 1. The number of carbonyl (C=O) groups excluding carboxylic acids is 1. The molecule has 0 amide bonds. The number of anilines is 1. The van der Waals surface area contributed by atoms with Crippen LogP contribution in [0.25, 0.3) is 0 Å². The van der Waals surface area contributed by atoms with Gasteiger partial charge in [-0.05, 0) is 19.1 Å². The minimum atomic E-state index is -4.05. The van der Waals surface area contributed by atoms with E-state index < -0.39 is 34.0 Å². The molecule has 0 heterocycles. The van der Waals surface area contributed by atoms with Crippen molar-refractivity contribution >= 4 is 21.7 Å². The molecule has 0 aliphatic heterocycles. The molecule has 0 unspecified atom stereocenters. The molecule has 8 heteroatoms. The van der Waals surface area contributed by atoms with Crippen molar-refractivity contribution in [3.05, 3.63) is 24.0 Å².